The predicted molar refractivity (Wildman–Crippen MR) is 125 cm³/mol. The number of unbranched alkanes of at least 4 members (excludes halogenated alkanes) is 15. The average molecular weight is 413 g/mol. The van der Waals surface area contributed by atoms with E-state index >= 15 is 0 Å². The van der Waals surface area contributed by atoms with Crippen molar-refractivity contribution >= 4 is 5.97 Å². The van der Waals surface area contributed by atoms with Crippen LogP contribution >= 0.6 is 0 Å². The SMILES string of the molecule is CCCCCCCCOC(=O)C(O)CCCCCCCCCCCCCC(C)C. The van der Waals surface area contributed by atoms with Crippen molar-refractivity contribution in [1.29, 1.82) is 0 Å². The first kappa shape index (κ1) is 28.4. The van der Waals surface area contributed by atoms with Gasteiger partial charge in [0.2, 0.25) is 0 Å². The molecule has 0 aromatic rings. The minimum Gasteiger partial charge on any atom is -0.464 e. The van der Waals surface area contributed by atoms with Gasteiger partial charge in [-0.15, -0.1) is 0 Å². The number of carbonyl (C=O) groups excluding carboxylic acids is 1. The number of ether oxygens (including phenoxy) is 1. The maximum Gasteiger partial charge on any atom is 0.334 e. The average Bonchev–Trinajstić information content (AvgIpc) is 2.70. The van der Waals surface area contributed by atoms with E-state index in [1.54, 1.807) is 0 Å². The second-order valence-electron chi connectivity index (χ2n) is 9.31. The Hall–Kier alpha value is -0.570. The molecule has 0 aromatic heterocycles. The van der Waals surface area contributed by atoms with Gasteiger partial charge in [0.25, 0.3) is 0 Å². The molecule has 29 heavy (non-hydrogen) atoms. The van der Waals surface area contributed by atoms with Gasteiger partial charge < -0.3 is 9.84 Å². The molecule has 0 spiro atoms. The van der Waals surface area contributed by atoms with Crippen molar-refractivity contribution in [2.75, 3.05) is 6.61 Å². The number of carbonyl (C=O) groups is 1. The van der Waals surface area contributed by atoms with Crippen LogP contribution in [0.1, 0.15) is 143 Å². The highest BCUT2D eigenvalue weighted by Gasteiger charge is 2.15. The minimum absolute atomic E-state index is 0.424. The van der Waals surface area contributed by atoms with Crippen LogP contribution in [0.15, 0.2) is 0 Å². The molecule has 0 aliphatic carbocycles. The summed E-state index contributed by atoms with van der Waals surface area (Å²) in [5.74, 6) is 0.429. The first-order chi connectivity index (χ1) is 14.1. The summed E-state index contributed by atoms with van der Waals surface area (Å²) < 4.78 is 5.19. The van der Waals surface area contributed by atoms with Crippen LogP contribution in [0.4, 0.5) is 0 Å². The van der Waals surface area contributed by atoms with Gasteiger partial charge >= 0.3 is 5.97 Å². The lowest BCUT2D eigenvalue weighted by Gasteiger charge is -2.10. The summed E-state index contributed by atoms with van der Waals surface area (Å²) in [7, 11) is 0. The van der Waals surface area contributed by atoms with Crippen LogP contribution in [-0.4, -0.2) is 23.8 Å². The molecule has 0 saturated carbocycles. The lowest BCUT2D eigenvalue weighted by Crippen LogP contribution is -2.23. The molecule has 0 bridgehead atoms. The van der Waals surface area contributed by atoms with Crippen molar-refractivity contribution in [1.82, 2.24) is 0 Å². The third-order valence-electron chi connectivity index (χ3n) is 5.77. The Bertz CT molecular complexity index is 341. The molecule has 0 aromatic carbocycles. The topological polar surface area (TPSA) is 46.5 Å². The predicted octanol–water partition coefficient (Wildman–Crippen LogP) is 7.98. The Morgan fingerprint density at radius 2 is 1.07 bits per heavy atom. The normalized spacial score (nSPS) is 12.4. The van der Waals surface area contributed by atoms with E-state index in [1.807, 2.05) is 0 Å². The smallest absolute Gasteiger partial charge is 0.334 e. The van der Waals surface area contributed by atoms with Crippen molar-refractivity contribution in [3.63, 3.8) is 0 Å². The standard InChI is InChI=1S/C26H52O3/c1-4-5-6-7-17-20-23-29-26(28)25(27)22-19-16-14-12-10-8-9-11-13-15-18-21-24(2)3/h24-25,27H,4-23H2,1-3H3. The van der Waals surface area contributed by atoms with Crippen LogP contribution in [0.5, 0.6) is 0 Å². The van der Waals surface area contributed by atoms with Gasteiger partial charge in [0.05, 0.1) is 6.61 Å². The number of hydrogen-bond acceptors (Lipinski definition) is 3. The highest BCUT2D eigenvalue weighted by Crippen LogP contribution is 2.14. The van der Waals surface area contributed by atoms with Crippen molar-refractivity contribution < 1.29 is 14.6 Å². The van der Waals surface area contributed by atoms with Crippen LogP contribution < -0.4 is 0 Å². The monoisotopic (exact) mass is 412 g/mol. The molecule has 0 amide bonds. The van der Waals surface area contributed by atoms with Crippen molar-refractivity contribution in [2.45, 2.75) is 149 Å². The van der Waals surface area contributed by atoms with Crippen LogP contribution in [0.25, 0.3) is 0 Å². The molecular formula is C26H52O3. The molecule has 1 atom stereocenters. The Balaban J connectivity index is 3.29. The zero-order valence-electron chi connectivity index (χ0n) is 20.1. The van der Waals surface area contributed by atoms with Gasteiger partial charge in [-0.3, -0.25) is 0 Å². The molecule has 3 nitrogen and oxygen atoms in total. The van der Waals surface area contributed by atoms with E-state index < -0.39 is 12.1 Å². The minimum atomic E-state index is -0.925. The maximum absolute atomic E-state index is 11.8. The highest BCUT2D eigenvalue weighted by atomic mass is 16.5. The molecule has 0 fully saturated rings. The third-order valence-corrected chi connectivity index (χ3v) is 5.77. The summed E-state index contributed by atoms with van der Waals surface area (Å²) in [4.78, 5) is 11.8. The van der Waals surface area contributed by atoms with E-state index in [1.165, 1.54) is 89.9 Å². The highest BCUT2D eigenvalue weighted by molar-refractivity contribution is 5.74. The Morgan fingerprint density at radius 3 is 1.55 bits per heavy atom. The van der Waals surface area contributed by atoms with Crippen LogP contribution in [0.2, 0.25) is 0 Å². The van der Waals surface area contributed by atoms with E-state index in [4.69, 9.17) is 4.74 Å². The molecule has 0 aliphatic rings. The van der Waals surface area contributed by atoms with Crippen molar-refractivity contribution in [3.05, 3.63) is 0 Å². The molecule has 0 aliphatic heterocycles. The Kier molecular flexibility index (Phi) is 21.7. The number of hydrogen-bond donors (Lipinski definition) is 1. The van der Waals surface area contributed by atoms with Gasteiger partial charge in [0, 0.05) is 0 Å². The van der Waals surface area contributed by atoms with E-state index in [0.29, 0.717) is 13.0 Å². The maximum atomic E-state index is 11.8. The van der Waals surface area contributed by atoms with Crippen molar-refractivity contribution in [2.24, 2.45) is 5.92 Å². The van der Waals surface area contributed by atoms with Crippen LogP contribution in [0.3, 0.4) is 0 Å². The Morgan fingerprint density at radius 1 is 0.655 bits per heavy atom. The molecule has 1 N–H and O–H groups in total. The second-order valence-corrected chi connectivity index (χ2v) is 9.31. The fourth-order valence-corrected chi connectivity index (χ4v) is 3.75. The van der Waals surface area contributed by atoms with E-state index in [-0.39, 0.29) is 0 Å². The summed E-state index contributed by atoms with van der Waals surface area (Å²) in [5, 5.41) is 9.91. The first-order valence-electron chi connectivity index (χ1n) is 12.9. The van der Waals surface area contributed by atoms with Gasteiger partial charge in [-0.05, 0) is 18.8 Å². The molecule has 0 saturated heterocycles. The molecule has 0 radical (unpaired) electrons. The largest absolute Gasteiger partial charge is 0.464 e. The van der Waals surface area contributed by atoms with Gasteiger partial charge in [0.1, 0.15) is 0 Å². The van der Waals surface area contributed by atoms with Crippen LogP contribution in [0, 0.1) is 5.92 Å². The zero-order chi connectivity index (χ0) is 21.6. The summed E-state index contributed by atoms with van der Waals surface area (Å²) in [5.41, 5.74) is 0. The van der Waals surface area contributed by atoms with Gasteiger partial charge in [-0.1, -0.05) is 130 Å². The first-order valence-corrected chi connectivity index (χ1v) is 12.9. The number of rotatable bonds is 22. The molecule has 0 rings (SSSR count). The number of aliphatic hydroxyl groups excluding tert-OH is 1. The number of aliphatic hydroxyl groups is 1. The molecule has 174 valence electrons. The van der Waals surface area contributed by atoms with E-state index in [0.717, 1.165) is 31.6 Å². The lowest BCUT2D eigenvalue weighted by atomic mass is 10.0. The van der Waals surface area contributed by atoms with Gasteiger partial charge in [0.15, 0.2) is 6.10 Å². The quantitative estimate of drug-likeness (QED) is 0.145. The van der Waals surface area contributed by atoms with Gasteiger partial charge in [-0.25, -0.2) is 4.79 Å². The Labute approximate surface area is 182 Å². The molecule has 3 heteroatoms. The lowest BCUT2D eigenvalue weighted by molar-refractivity contribution is -0.154. The summed E-state index contributed by atoms with van der Waals surface area (Å²) in [6.07, 6.45) is 22.2. The fraction of sp³-hybridized carbons (Fsp3) is 0.962. The fourth-order valence-electron chi connectivity index (χ4n) is 3.75. The van der Waals surface area contributed by atoms with E-state index in [2.05, 4.69) is 20.8 Å². The van der Waals surface area contributed by atoms with Gasteiger partial charge in [-0.2, -0.15) is 0 Å². The summed E-state index contributed by atoms with van der Waals surface area (Å²) >= 11 is 0. The van der Waals surface area contributed by atoms with Crippen molar-refractivity contribution in [3.8, 4) is 0 Å². The summed E-state index contributed by atoms with van der Waals surface area (Å²) in [6, 6.07) is 0. The summed E-state index contributed by atoms with van der Waals surface area (Å²) in [6.45, 7) is 7.29. The molecule has 0 heterocycles. The number of esters is 1. The second kappa shape index (κ2) is 22.1. The molecule has 1 unspecified atom stereocenters. The van der Waals surface area contributed by atoms with Crippen LogP contribution in [-0.2, 0) is 9.53 Å². The molecular weight excluding hydrogens is 360 g/mol. The third kappa shape index (κ3) is 21.9. The zero-order valence-corrected chi connectivity index (χ0v) is 20.1. The van der Waals surface area contributed by atoms with E-state index in [9.17, 15) is 9.90 Å².